The van der Waals surface area contributed by atoms with Crippen molar-refractivity contribution in [3.8, 4) is 0 Å². The van der Waals surface area contributed by atoms with Crippen LogP contribution < -0.4 is 5.32 Å². The van der Waals surface area contributed by atoms with Crippen molar-refractivity contribution in [2.45, 2.75) is 50.2 Å². The van der Waals surface area contributed by atoms with Crippen LogP contribution in [0.2, 0.25) is 0 Å². The van der Waals surface area contributed by atoms with Crippen molar-refractivity contribution in [1.29, 1.82) is 0 Å². The molecule has 2 saturated heterocycles. The molecule has 0 aromatic rings. The summed E-state index contributed by atoms with van der Waals surface area (Å²) >= 11 is 0. The number of piperidine rings is 1. The minimum absolute atomic E-state index is 0.345. The zero-order chi connectivity index (χ0) is 10.7. The first kappa shape index (κ1) is 11.4. The average Bonchev–Trinajstić information content (AvgIpc) is 2.44. The van der Waals surface area contributed by atoms with E-state index >= 15 is 0 Å². The highest BCUT2D eigenvalue weighted by atomic mass is 16.3. The first-order valence-electron chi connectivity index (χ1n) is 6.35. The molecular weight excluding hydrogens is 188 g/mol. The van der Waals surface area contributed by atoms with Crippen LogP contribution in [0.3, 0.4) is 0 Å². The molecule has 0 radical (unpaired) electrons. The molecule has 2 N–H and O–H groups in total. The average molecular weight is 212 g/mol. The summed E-state index contributed by atoms with van der Waals surface area (Å²) < 4.78 is 0. The summed E-state index contributed by atoms with van der Waals surface area (Å²) in [6.07, 6.45) is 6.73. The summed E-state index contributed by atoms with van der Waals surface area (Å²) in [5.74, 6) is 0. The lowest BCUT2D eigenvalue weighted by Gasteiger charge is -2.38. The number of aliphatic hydroxyl groups is 1. The maximum atomic E-state index is 10.7. The quantitative estimate of drug-likeness (QED) is 0.680. The Bertz CT molecular complexity index is 204. The van der Waals surface area contributed by atoms with Crippen LogP contribution >= 0.6 is 0 Å². The molecule has 88 valence electrons. The molecule has 0 bridgehead atoms. The van der Waals surface area contributed by atoms with E-state index in [1.807, 2.05) is 0 Å². The number of likely N-dealkylation sites (tertiary alicyclic amines) is 1. The van der Waals surface area contributed by atoms with E-state index in [1.165, 1.54) is 12.8 Å². The molecular formula is C12H24N2O. The molecule has 2 fully saturated rings. The van der Waals surface area contributed by atoms with Gasteiger partial charge in [-0.2, -0.15) is 0 Å². The fourth-order valence-electron chi connectivity index (χ4n) is 2.94. The van der Waals surface area contributed by atoms with Crippen molar-refractivity contribution in [1.82, 2.24) is 10.2 Å². The van der Waals surface area contributed by atoms with Crippen LogP contribution in [0.5, 0.6) is 0 Å². The van der Waals surface area contributed by atoms with Crippen LogP contribution in [0.4, 0.5) is 0 Å². The van der Waals surface area contributed by atoms with Crippen molar-refractivity contribution in [3.63, 3.8) is 0 Å². The third-order valence-corrected chi connectivity index (χ3v) is 4.03. The Labute approximate surface area is 92.8 Å². The number of nitrogens with zero attached hydrogens (tertiary/aromatic N) is 1. The lowest BCUT2D eigenvalue weighted by molar-refractivity contribution is -0.0192. The smallest absolute Gasteiger partial charge is 0.0812 e. The molecule has 2 rings (SSSR count). The van der Waals surface area contributed by atoms with Gasteiger partial charge in [0, 0.05) is 12.6 Å². The molecule has 3 nitrogen and oxygen atoms in total. The Hall–Kier alpha value is -0.120. The minimum atomic E-state index is -0.439. The van der Waals surface area contributed by atoms with Gasteiger partial charge in [0.1, 0.15) is 0 Å². The molecule has 0 aromatic heterocycles. The summed E-state index contributed by atoms with van der Waals surface area (Å²) in [5, 5.41) is 14.2. The van der Waals surface area contributed by atoms with E-state index in [0.29, 0.717) is 6.04 Å². The molecule has 15 heavy (non-hydrogen) atoms. The van der Waals surface area contributed by atoms with Gasteiger partial charge in [0.15, 0.2) is 0 Å². The largest absolute Gasteiger partial charge is 0.388 e. The molecule has 0 saturated carbocycles. The van der Waals surface area contributed by atoms with Gasteiger partial charge >= 0.3 is 0 Å². The molecule has 2 atom stereocenters. The van der Waals surface area contributed by atoms with Crippen molar-refractivity contribution >= 4 is 0 Å². The van der Waals surface area contributed by atoms with Crippen LogP contribution in [-0.4, -0.2) is 48.3 Å². The molecule has 0 aliphatic carbocycles. The number of hydrogen-bond donors (Lipinski definition) is 2. The Morgan fingerprint density at radius 1 is 1.20 bits per heavy atom. The van der Waals surface area contributed by atoms with E-state index in [4.69, 9.17) is 0 Å². The van der Waals surface area contributed by atoms with E-state index in [-0.39, 0.29) is 0 Å². The SMILES string of the molecule is CN1CCCC(O)(C2CCCCN2)CC1. The Balaban J connectivity index is 1.97. The highest BCUT2D eigenvalue weighted by molar-refractivity contribution is 4.95. The summed E-state index contributed by atoms with van der Waals surface area (Å²) in [6, 6.07) is 0.345. The third-order valence-electron chi connectivity index (χ3n) is 4.03. The number of hydrogen-bond acceptors (Lipinski definition) is 3. The predicted octanol–water partition coefficient (Wildman–Crippen LogP) is 0.975. The van der Waals surface area contributed by atoms with Gasteiger partial charge in [0.05, 0.1) is 5.60 Å². The van der Waals surface area contributed by atoms with Crippen LogP contribution in [0.1, 0.15) is 38.5 Å². The molecule has 3 heteroatoms. The van der Waals surface area contributed by atoms with Crippen molar-refractivity contribution < 1.29 is 5.11 Å². The van der Waals surface area contributed by atoms with Gasteiger partial charge in [0.25, 0.3) is 0 Å². The van der Waals surface area contributed by atoms with Gasteiger partial charge in [-0.3, -0.25) is 0 Å². The summed E-state index contributed by atoms with van der Waals surface area (Å²) in [6.45, 7) is 3.26. The second-order valence-corrected chi connectivity index (χ2v) is 5.26. The normalized spacial score (nSPS) is 40.0. The first-order chi connectivity index (χ1) is 7.21. The summed E-state index contributed by atoms with van der Waals surface area (Å²) in [7, 11) is 2.15. The van der Waals surface area contributed by atoms with E-state index in [9.17, 15) is 5.11 Å². The minimum Gasteiger partial charge on any atom is -0.388 e. The van der Waals surface area contributed by atoms with Gasteiger partial charge < -0.3 is 15.3 Å². The molecule has 0 amide bonds. The fourth-order valence-corrected chi connectivity index (χ4v) is 2.94. The Morgan fingerprint density at radius 2 is 2.07 bits per heavy atom. The standard InChI is InChI=1S/C12H24N2O/c1-14-9-4-6-12(15,7-10-14)11-5-2-3-8-13-11/h11,13,15H,2-10H2,1H3. The zero-order valence-electron chi connectivity index (χ0n) is 9.84. The van der Waals surface area contributed by atoms with Gasteiger partial charge in [-0.05, 0) is 52.2 Å². The molecule has 2 unspecified atom stereocenters. The Kier molecular flexibility index (Phi) is 3.65. The molecule has 2 heterocycles. The van der Waals surface area contributed by atoms with Gasteiger partial charge in [0.2, 0.25) is 0 Å². The Morgan fingerprint density at radius 3 is 2.80 bits per heavy atom. The second kappa shape index (κ2) is 4.81. The number of rotatable bonds is 1. The second-order valence-electron chi connectivity index (χ2n) is 5.26. The van der Waals surface area contributed by atoms with Crippen molar-refractivity contribution in [3.05, 3.63) is 0 Å². The van der Waals surface area contributed by atoms with Crippen LogP contribution in [0.15, 0.2) is 0 Å². The van der Waals surface area contributed by atoms with Gasteiger partial charge in [-0.1, -0.05) is 6.42 Å². The van der Waals surface area contributed by atoms with E-state index < -0.39 is 5.60 Å². The van der Waals surface area contributed by atoms with E-state index in [1.54, 1.807) is 0 Å². The lowest BCUT2D eigenvalue weighted by Crippen LogP contribution is -2.53. The highest BCUT2D eigenvalue weighted by Crippen LogP contribution is 2.29. The topological polar surface area (TPSA) is 35.5 Å². The summed E-state index contributed by atoms with van der Waals surface area (Å²) in [4.78, 5) is 2.33. The van der Waals surface area contributed by atoms with Crippen molar-refractivity contribution in [2.24, 2.45) is 0 Å². The fraction of sp³-hybridized carbons (Fsp3) is 1.00. The van der Waals surface area contributed by atoms with Crippen LogP contribution in [-0.2, 0) is 0 Å². The lowest BCUT2D eigenvalue weighted by atomic mass is 9.82. The predicted molar refractivity (Wildman–Crippen MR) is 61.9 cm³/mol. The number of nitrogens with one attached hydrogen (secondary N) is 1. The summed E-state index contributed by atoms with van der Waals surface area (Å²) in [5.41, 5.74) is -0.439. The molecule has 2 aliphatic heterocycles. The first-order valence-corrected chi connectivity index (χ1v) is 6.35. The van der Waals surface area contributed by atoms with Gasteiger partial charge in [-0.15, -0.1) is 0 Å². The zero-order valence-corrected chi connectivity index (χ0v) is 9.84. The van der Waals surface area contributed by atoms with E-state index in [0.717, 1.165) is 45.3 Å². The van der Waals surface area contributed by atoms with Crippen LogP contribution in [0.25, 0.3) is 0 Å². The monoisotopic (exact) mass is 212 g/mol. The van der Waals surface area contributed by atoms with Crippen molar-refractivity contribution in [2.75, 3.05) is 26.7 Å². The molecule has 2 aliphatic rings. The third kappa shape index (κ3) is 2.71. The molecule has 0 aromatic carbocycles. The molecule has 0 spiro atoms. The van der Waals surface area contributed by atoms with E-state index in [2.05, 4.69) is 17.3 Å². The highest BCUT2D eigenvalue weighted by Gasteiger charge is 2.37. The maximum absolute atomic E-state index is 10.7. The van der Waals surface area contributed by atoms with Gasteiger partial charge in [-0.25, -0.2) is 0 Å². The maximum Gasteiger partial charge on any atom is 0.0812 e. The van der Waals surface area contributed by atoms with Crippen LogP contribution in [0, 0.1) is 0 Å².